The summed E-state index contributed by atoms with van der Waals surface area (Å²) in [5.41, 5.74) is 2.05. The summed E-state index contributed by atoms with van der Waals surface area (Å²) in [7, 11) is 1.52. The molecule has 2 aromatic rings. The summed E-state index contributed by atoms with van der Waals surface area (Å²) in [6.45, 7) is 5.17. The molecule has 0 aromatic heterocycles. The number of methoxy groups -OCH3 is 1. The van der Waals surface area contributed by atoms with E-state index in [-0.39, 0.29) is 17.9 Å². The number of carbonyl (C=O) groups is 2. The van der Waals surface area contributed by atoms with Crippen molar-refractivity contribution in [2.75, 3.05) is 17.7 Å². The topological polar surface area (TPSA) is 79.5 Å². The van der Waals surface area contributed by atoms with Gasteiger partial charge in [-0.3, -0.25) is 14.9 Å². The van der Waals surface area contributed by atoms with Gasteiger partial charge in [-0.25, -0.2) is 0 Å². The molecule has 2 atom stereocenters. The summed E-state index contributed by atoms with van der Waals surface area (Å²) in [4.78, 5) is 23.8. The average Bonchev–Trinajstić information content (AvgIpc) is 2.61. The van der Waals surface area contributed by atoms with Crippen LogP contribution in [0.2, 0.25) is 5.02 Å². The van der Waals surface area contributed by atoms with Gasteiger partial charge in [0.15, 0.2) is 0 Å². The van der Waals surface area contributed by atoms with Gasteiger partial charge in [-0.1, -0.05) is 23.7 Å². The first-order valence-corrected chi connectivity index (χ1v) is 8.96. The van der Waals surface area contributed by atoms with Gasteiger partial charge in [0, 0.05) is 23.7 Å². The summed E-state index contributed by atoms with van der Waals surface area (Å²) >= 11 is 6.03. The number of hydrogen-bond donors (Lipinski definition) is 3. The molecule has 27 heavy (non-hydrogen) atoms. The molecule has 2 unspecified atom stereocenters. The smallest absolute Gasteiger partial charge is 0.241 e. The molecule has 0 aliphatic heterocycles. The SMILES string of the molecule is COc1ccc(NC(C)=O)cc1NC(=O)C(C)NC(C)c1cccc(Cl)c1. The average molecular weight is 390 g/mol. The highest BCUT2D eigenvalue weighted by Gasteiger charge is 2.18. The molecule has 0 saturated carbocycles. The van der Waals surface area contributed by atoms with E-state index < -0.39 is 6.04 Å². The molecular formula is C20H24ClN3O3. The van der Waals surface area contributed by atoms with Crippen molar-refractivity contribution in [2.45, 2.75) is 32.9 Å². The molecule has 2 aromatic carbocycles. The van der Waals surface area contributed by atoms with Gasteiger partial charge in [-0.05, 0) is 49.7 Å². The first-order valence-electron chi connectivity index (χ1n) is 8.58. The van der Waals surface area contributed by atoms with Crippen molar-refractivity contribution < 1.29 is 14.3 Å². The minimum absolute atomic E-state index is 0.0583. The van der Waals surface area contributed by atoms with E-state index >= 15 is 0 Å². The van der Waals surface area contributed by atoms with Gasteiger partial charge in [0.25, 0.3) is 0 Å². The molecule has 6 nitrogen and oxygen atoms in total. The summed E-state index contributed by atoms with van der Waals surface area (Å²) in [6.07, 6.45) is 0. The molecule has 0 aliphatic carbocycles. The van der Waals surface area contributed by atoms with Crippen LogP contribution in [0.3, 0.4) is 0 Å². The lowest BCUT2D eigenvalue weighted by Crippen LogP contribution is -2.39. The van der Waals surface area contributed by atoms with E-state index in [4.69, 9.17) is 16.3 Å². The minimum atomic E-state index is -0.465. The Morgan fingerprint density at radius 2 is 1.81 bits per heavy atom. The molecule has 0 spiro atoms. The lowest BCUT2D eigenvalue weighted by Gasteiger charge is -2.21. The molecule has 0 saturated heterocycles. The van der Waals surface area contributed by atoms with Gasteiger partial charge >= 0.3 is 0 Å². The van der Waals surface area contributed by atoms with Crippen molar-refractivity contribution >= 4 is 34.8 Å². The van der Waals surface area contributed by atoms with E-state index in [2.05, 4.69) is 16.0 Å². The van der Waals surface area contributed by atoms with E-state index in [1.54, 1.807) is 25.1 Å². The lowest BCUT2D eigenvalue weighted by molar-refractivity contribution is -0.118. The van der Waals surface area contributed by atoms with Crippen LogP contribution >= 0.6 is 11.6 Å². The molecule has 144 valence electrons. The van der Waals surface area contributed by atoms with Crippen LogP contribution in [-0.2, 0) is 9.59 Å². The number of ether oxygens (including phenoxy) is 1. The van der Waals surface area contributed by atoms with Crippen LogP contribution in [0, 0.1) is 0 Å². The van der Waals surface area contributed by atoms with E-state index in [1.165, 1.54) is 14.0 Å². The van der Waals surface area contributed by atoms with Crippen LogP contribution in [-0.4, -0.2) is 25.0 Å². The number of hydrogen-bond acceptors (Lipinski definition) is 4. The van der Waals surface area contributed by atoms with E-state index in [0.717, 1.165) is 5.56 Å². The van der Waals surface area contributed by atoms with E-state index in [9.17, 15) is 9.59 Å². The quantitative estimate of drug-likeness (QED) is 0.669. The highest BCUT2D eigenvalue weighted by molar-refractivity contribution is 6.30. The molecular weight excluding hydrogens is 366 g/mol. The maximum Gasteiger partial charge on any atom is 0.241 e. The number of anilines is 2. The van der Waals surface area contributed by atoms with Gasteiger partial charge in [0.05, 0.1) is 18.8 Å². The maximum atomic E-state index is 12.6. The highest BCUT2D eigenvalue weighted by Crippen LogP contribution is 2.28. The van der Waals surface area contributed by atoms with Gasteiger partial charge in [-0.15, -0.1) is 0 Å². The standard InChI is InChI=1S/C20H24ClN3O3/c1-12(15-6-5-7-16(21)10-15)22-13(2)20(26)24-18-11-17(23-14(3)25)8-9-19(18)27-4/h5-13,22H,1-4H3,(H,23,25)(H,24,26). The third kappa shape index (κ3) is 5.98. The molecule has 0 radical (unpaired) electrons. The Kier molecular flexibility index (Phi) is 7.21. The van der Waals surface area contributed by atoms with Crippen LogP contribution in [0.4, 0.5) is 11.4 Å². The largest absolute Gasteiger partial charge is 0.495 e. The maximum absolute atomic E-state index is 12.6. The number of benzene rings is 2. The fourth-order valence-electron chi connectivity index (χ4n) is 2.65. The van der Waals surface area contributed by atoms with Crippen molar-refractivity contribution in [3.05, 3.63) is 53.1 Å². The molecule has 0 aliphatic rings. The van der Waals surface area contributed by atoms with Crippen LogP contribution < -0.4 is 20.7 Å². The molecule has 7 heteroatoms. The lowest BCUT2D eigenvalue weighted by atomic mass is 10.1. The van der Waals surface area contributed by atoms with Crippen molar-refractivity contribution in [2.24, 2.45) is 0 Å². The fraction of sp³-hybridized carbons (Fsp3) is 0.300. The van der Waals surface area contributed by atoms with Gasteiger partial charge in [0.1, 0.15) is 5.75 Å². The summed E-state index contributed by atoms with van der Waals surface area (Å²) in [5.74, 6) is 0.0949. The minimum Gasteiger partial charge on any atom is -0.495 e. The monoisotopic (exact) mass is 389 g/mol. The van der Waals surface area contributed by atoms with Gasteiger partial charge in [0.2, 0.25) is 11.8 Å². The predicted octanol–water partition coefficient (Wildman–Crippen LogP) is 3.98. The number of nitrogens with one attached hydrogen (secondary N) is 3. The number of amides is 2. The van der Waals surface area contributed by atoms with Crippen LogP contribution in [0.25, 0.3) is 0 Å². The second-order valence-corrected chi connectivity index (χ2v) is 6.69. The molecule has 2 rings (SSSR count). The Hall–Kier alpha value is -2.57. The zero-order chi connectivity index (χ0) is 20.0. The zero-order valence-corrected chi connectivity index (χ0v) is 16.6. The van der Waals surface area contributed by atoms with Crippen molar-refractivity contribution in [1.29, 1.82) is 0 Å². The summed E-state index contributed by atoms with van der Waals surface area (Å²) in [5, 5.41) is 9.42. The fourth-order valence-corrected chi connectivity index (χ4v) is 2.85. The molecule has 0 fully saturated rings. The highest BCUT2D eigenvalue weighted by atomic mass is 35.5. The normalized spacial score (nSPS) is 12.8. The number of carbonyl (C=O) groups excluding carboxylic acids is 2. The molecule has 3 N–H and O–H groups in total. The molecule has 0 heterocycles. The summed E-state index contributed by atoms with van der Waals surface area (Å²) in [6, 6.07) is 12.0. The number of rotatable bonds is 7. The Morgan fingerprint density at radius 1 is 1.07 bits per heavy atom. The summed E-state index contributed by atoms with van der Waals surface area (Å²) < 4.78 is 5.29. The van der Waals surface area contributed by atoms with Gasteiger partial charge < -0.3 is 15.4 Å². The number of halogens is 1. The third-order valence-electron chi connectivity index (χ3n) is 4.02. The Bertz CT molecular complexity index is 826. The van der Waals surface area contributed by atoms with E-state index in [1.807, 2.05) is 31.2 Å². The van der Waals surface area contributed by atoms with E-state index in [0.29, 0.717) is 22.1 Å². The zero-order valence-electron chi connectivity index (χ0n) is 15.8. The Balaban J connectivity index is 2.07. The first-order chi connectivity index (χ1) is 12.8. The second kappa shape index (κ2) is 9.39. The third-order valence-corrected chi connectivity index (χ3v) is 4.25. The van der Waals surface area contributed by atoms with Crippen LogP contribution in [0.5, 0.6) is 5.75 Å². The predicted molar refractivity (Wildman–Crippen MR) is 108 cm³/mol. The van der Waals surface area contributed by atoms with Crippen molar-refractivity contribution in [1.82, 2.24) is 5.32 Å². The second-order valence-electron chi connectivity index (χ2n) is 6.25. The van der Waals surface area contributed by atoms with Crippen molar-refractivity contribution in [3.63, 3.8) is 0 Å². The van der Waals surface area contributed by atoms with Crippen LogP contribution in [0.15, 0.2) is 42.5 Å². The Labute approximate surface area is 164 Å². The molecule has 0 bridgehead atoms. The van der Waals surface area contributed by atoms with Crippen LogP contribution in [0.1, 0.15) is 32.4 Å². The first kappa shape index (κ1) is 20.7. The Morgan fingerprint density at radius 3 is 2.44 bits per heavy atom. The molecule has 2 amide bonds. The van der Waals surface area contributed by atoms with Gasteiger partial charge in [-0.2, -0.15) is 0 Å². The van der Waals surface area contributed by atoms with Crippen molar-refractivity contribution in [3.8, 4) is 5.75 Å².